The van der Waals surface area contributed by atoms with E-state index in [4.69, 9.17) is 16.7 Å². The minimum Gasteiger partial charge on any atom is -0.377 e. The maximum atomic E-state index is 10.1. The molecule has 15 heavy (non-hydrogen) atoms. The number of nitrogens with one attached hydrogen (secondary N) is 1. The minimum atomic E-state index is -0.512. The molecule has 1 aliphatic heterocycles. The van der Waals surface area contributed by atoms with Crippen molar-refractivity contribution in [3.05, 3.63) is 39.4 Å². The second kappa shape index (κ2) is 6.31. The van der Waals surface area contributed by atoms with E-state index in [0.717, 1.165) is 6.54 Å². The molecule has 0 aliphatic carbocycles. The van der Waals surface area contributed by atoms with Gasteiger partial charge in [0.05, 0.1) is 4.92 Å². The number of aliphatic hydroxyl groups is 1. The van der Waals surface area contributed by atoms with Crippen molar-refractivity contribution in [2.75, 3.05) is 6.54 Å². The predicted molar refractivity (Wildman–Crippen MR) is 57.1 cm³/mol. The van der Waals surface area contributed by atoms with Crippen LogP contribution in [0.25, 0.3) is 0 Å². The van der Waals surface area contributed by atoms with E-state index in [1.165, 1.54) is 12.1 Å². The summed E-state index contributed by atoms with van der Waals surface area (Å²) in [6.45, 7) is 0.792. The third-order valence-corrected chi connectivity index (χ3v) is 1.76. The standard InChI is InChI=1S/C6H4ClNO2.C2H5NO.H3N/c7-5-3-1-2-4-6(5)8(9)10;4-2-1-3-2;/h1-4H;2-4H,1H2;1H3. The van der Waals surface area contributed by atoms with Gasteiger partial charge >= 0.3 is 0 Å². The molecule has 1 unspecified atom stereocenters. The number of rotatable bonds is 1. The van der Waals surface area contributed by atoms with Gasteiger partial charge in [-0.2, -0.15) is 0 Å². The van der Waals surface area contributed by atoms with Crippen LogP contribution in [0.4, 0.5) is 5.69 Å². The number of para-hydroxylation sites is 1. The van der Waals surface area contributed by atoms with Crippen molar-refractivity contribution in [2.24, 2.45) is 0 Å². The van der Waals surface area contributed by atoms with Crippen LogP contribution in [-0.4, -0.2) is 22.8 Å². The van der Waals surface area contributed by atoms with Gasteiger partial charge < -0.3 is 11.3 Å². The molecule has 1 atom stereocenters. The van der Waals surface area contributed by atoms with E-state index >= 15 is 0 Å². The third-order valence-electron chi connectivity index (χ3n) is 1.44. The molecule has 5 N–H and O–H groups in total. The summed E-state index contributed by atoms with van der Waals surface area (Å²) in [4.78, 5) is 9.63. The first kappa shape index (κ1) is 13.8. The average molecular weight is 234 g/mol. The van der Waals surface area contributed by atoms with Crippen LogP contribution in [-0.2, 0) is 0 Å². The first-order valence-corrected chi connectivity index (χ1v) is 4.29. The topological polar surface area (TPSA) is 120 Å². The number of hydrogen-bond acceptors (Lipinski definition) is 5. The van der Waals surface area contributed by atoms with Crippen LogP contribution in [0.15, 0.2) is 24.3 Å². The van der Waals surface area contributed by atoms with Crippen LogP contribution < -0.4 is 11.5 Å². The predicted octanol–water partition coefficient (Wildman–Crippen LogP) is 1.32. The second-order valence-electron chi connectivity index (χ2n) is 2.63. The van der Waals surface area contributed by atoms with Gasteiger partial charge in [-0.3, -0.25) is 15.4 Å². The molecule has 1 aromatic rings. The fourth-order valence-electron chi connectivity index (χ4n) is 0.652. The van der Waals surface area contributed by atoms with Crippen LogP contribution in [0.1, 0.15) is 0 Å². The fraction of sp³-hybridized carbons (Fsp3) is 0.250. The fourth-order valence-corrected chi connectivity index (χ4v) is 0.857. The molecule has 0 spiro atoms. The molecule has 1 aliphatic rings. The minimum absolute atomic E-state index is 0. The van der Waals surface area contributed by atoms with Crippen LogP contribution >= 0.6 is 11.6 Å². The molecule has 2 rings (SSSR count). The highest BCUT2D eigenvalue weighted by atomic mass is 35.5. The Morgan fingerprint density at radius 1 is 1.53 bits per heavy atom. The normalized spacial score (nSPS) is 16.8. The Bertz CT molecular complexity index is 331. The van der Waals surface area contributed by atoms with E-state index in [1.807, 2.05) is 0 Å². The van der Waals surface area contributed by atoms with Gasteiger partial charge in [-0.25, -0.2) is 0 Å². The smallest absolute Gasteiger partial charge is 0.287 e. The third kappa shape index (κ3) is 5.28. The summed E-state index contributed by atoms with van der Waals surface area (Å²) in [6, 6.07) is 6.07. The number of hydrogen-bond donors (Lipinski definition) is 3. The first-order valence-electron chi connectivity index (χ1n) is 3.91. The number of aliphatic hydroxyl groups excluding tert-OH is 1. The summed E-state index contributed by atoms with van der Waals surface area (Å²) in [5, 5.41) is 21.0. The SMILES string of the molecule is N.O=[N+]([O-])c1ccccc1Cl.OC1CN1. The molecule has 0 saturated carbocycles. The lowest BCUT2D eigenvalue weighted by Gasteiger charge is -1.90. The molecule has 0 amide bonds. The number of nitro groups is 1. The van der Waals surface area contributed by atoms with Gasteiger partial charge in [0.1, 0.15) is 11.3 Å². The quantitative estimate of drug-likeness (QED) is 0.384. The molecule has 1 heterocycles. The van der Waals surface area contributed by atoms with Crippen molar-refractivity contribution in [1.82, 2.24) is 11.5 Å². The number of nitrogens with zero attached hydrogens (tertiary/aromatic N) is 1. The summed E-state index contributed by atoms with van der Waals surface area (Å²) in [6.07, 6.45) is -0.167. The van der Waals surface area contributed by atoms with Gasteiger partial charge in [-0.1, -0.05) is 23.7 Å². The highest BCUT2D eigenvalue weighted by Crippen LogP contribution is 2.21. The summed E-state index contributed by atoms with van der Waals surface area (Å²) in [5.41, 5.74) is -0.0517. The van der Waals surface area contributed by atoms with E-state index in [9.17, 15) is 10.1 Å². The molecule has 0 aromatic heterocycles. The lowest BCUT2D eigenvalue weighted by Crippen LogP contribution is -1.87. The summed E-state index contributed by atoms with van der Waals surface area (Å²) in [7, 11) is 0. The highest BCUT2D eigenvalue weighted by molar-refractivity contribution is 6.32. The van der Waals surface area contributed by atoms with Crippen molar-refractivity contribution in [3.63, 3.8) is 0 Å². The zero-order valence-corrected chi connectivity index (χ0v) is 8.65. The van der Waals surface area contributed by atoms with Crippen LogP contribution in [0.5, 0.6) is 0 Å². The zero-order chi connectivity index (χ0) is 10.6. The van der Waals surface area contributed by atoms with Gasteiger partial charge in [0, 0.05) is 12.6 Å². The van der Waals surface area contributed by atoms with E-state index < -0.39 is 4.92 Å². The van der Waals surface area contributed by atoms with Crippen LogP contribution in [0.3, 0.4) is 0 Å². The van der Waals surface area contributed by atoms with Gasteiger partial charge in [0.2, 0.25) is 0 Å². The Kier molecular flexibility index (Phi) is 5.80. The molecule has 1 fully saturated rings. The maximum absolute atomic E-state index is 10.1. The molecule has 1 saturated heterocycles. The second-order valence-corrected chi connectivity index (χ2v) is 3.04. The lowest BCUT2D eigenvalue weighted by atomic mass is 10.3. The molecule has 0 radical (unpaired) electrons. The van der Waals surface area contributed by atoms with Gasteiger partial charge in [-0.05, 0) is 6.07 Å². The van der Waals surface area contributed by atoms with E-state index in [1.54, 1.807) is 12.1 Å². The number of benzene rings is 1. The van der Waals surface area contributed by atoms with Crippen molar-refractivity contribution >= 4 is 17.3 Å². The molecule has 0 bridgehead atoms. The van der Waals surface area contributed by atoms with Gasteiger partial charge in [0.15, 0.2) is 0 Å². The molecular weight excluding hydrogens is 222 g/mol. The zero-order valence-electron chi connectivity index (χ0n) is 7.89. The maximum Gasteiger partial charge on any atom is 0.287 e. The monoisotopic (exact) mass is 233 g/mol. The van der Waals surface area contributed by atoms with E-state index in [-0.39, 0.29) is 23.1 Å². The molecule has 1 aromatic carbocycles. The highest BCUT2D eigenvalue weighted by Gasteiger charge is 2.13. The summed E-state index contributed by atoms with van der Waals surface area (Å²) >= 11 is 5.48. The largest absolute Gasteiger partial charge is 0.377 e. The van der Waals surface area contributed by atoms with Gasteiger partial charge in [0.25, 0.3) is 5.69 Å². The molecular formula is C8H12ClN3O3. The Morgan fingerprint density at radius 2 is 2.00 bits per heavy atom. The van der Waals surface area contributed by atoms with E-state index in [2.05, 4.69) is 5.32 Å². The van der Waals surface area contributed by atoms with Crippen molar-refractivity contribution in [3.8, 4) is 0 Å². The van der Waals surface area contributed by atoms with E-state index in [0.29, 0.717) is 0 Å². The van der Waals surface area contributed by atoms with Gasteiger partial charge in [-0.15, -0.1) is 0 Å². The van der Waals surface area contributed by atoms with Crippen molar-refractivity contribution < 1.29 is 10.0 Å². The average Bonchev–Trinajstić information content (AvgIpc) is 2.89. The molecule has 7 heteroatoms. The van der Waals surface area contributed by atoms with Crippen molar-refractivity contribution in [2.45, 2.75) is 6.23 Å². The number of β-amino-alcohol motifs (C(OH)–C–C–N with tert-alkyl or cyclic N) is 1. The number of nitro benzene ring substituents is 1. The summed E-state index contributed by atoms with van der Waals surface area (Å²) < 4.78 is 0. The van der Waals surface area contributed by atoms with Crippen LogP contribution in [0.2, 0.25) is 5.02 Å². The molecule has 6 nitrogen and oxygen atoms in total. The van der Waals surface area contributed by atoms with Crippen molar-refractivity contribution in [1.29, 1.82) is 0 Å². The molecule has 84 valence electrons. The number of halogens is 1. The summed E-state index contributed by atoms with van der Waals surface area (Å²) in [5.74, 6) is 0. The first-order chi connectivity index (χ1) is 6.61. The Morgan fingerprint density at radius 3 is 2.27 bits per heavy atom. The Labute approximate surface area is 91.6 Å². The van der Waals surface area contributed by atoms with Crippen LogP contribution in [0, 0.1) is 10.1 Å². The Hall–Kier alpha value is -1.21. The lowest BCUT2D eigenvalue weighted by molar-refractivity contribution is -0.384. The Balaban J connectivity index is 0.000000331.